The summed E-state index contributed by atoms with van der Waals surface area (Å²) in [5, 5.41) is 3.49. The number of nitrogens with two attached hydrogens (primary N) is 2. The van der Waals surface area contributed by atoms with Gasteiger partial charge in [0.1, 0.15) is 5.69 Å². The third-order valence-electron chi connectivity index (χ3n) is 2.99. The number of hydrogen-bond donors (Lipinski definition) is 4. The number of hydrazine groups is 1. The van der Waals surface area contributed by atoms with Gasteiger partial charge in [-0.05, 0) is 19.1 Å². The third-order valence-corrected chi connectivity index (χ3v) is 2.99. The lowest BCUT2D eigenvalue weighted by atomic mass is 10.1. The second kappa shape index (κ2) is 6.19. The van der Waals surface area contributed by atoms with Gasteiger partial charge < -0.3 is 16.5 Å². The molecule has 7 nitrogen and oxygen atoms in total. The number of pyridine rings is 1. The lowest BCUT2D eigenvalue weighted by Gasteiger charge is -2.13. The van der Waals surface area contributed by atoms with Crippen molar-refractivity contribution in [1.29, 1.82) is 0 Å². The molecule has 1 unspecified atom stereocenters. The highest BCUT2D eigenvalue weighted by atomic mass is 16.2. The van der Waals surface area contributed by atoms with Gasteiger partial charge in [0.15, 0.2) is 0 Å². The van der Waals surface area contributed by atoms with Crippen molar-refractivity contribution < 1.29 is 9.59 Å². The lowest BCUT2D eigenvalue weighted by molar-refractivity contribution is -0.118. The Morgan fingerprint density at radius 3 is 2.71 bits per heavy atom. The van der Waals surface area contributed by atoms with Crippen molar-refractivity contribution in [3.8, 4) is 0 Å². The number of carbonyl (C=O) groups is 2. The molecule has 1 atom stereocenters. The zero-order valence-electron chi connectivity index (χ0n) is 11.6. The van der Waals surface area contributed by atoms with Crippen LogP contribution in [0.2, 0.25) is 0 Å². The van der Waals surface area contributed by atoms with Crippen LogP contribution in [-0.2, 0) is 4.79 Å². The van der Waals surface area contributed by atoms with Gasteiger partial charge in [0.05, 0.1) is 11.2 Å². The topological polar surface area (TPSA) is 123 Å². The van der Waals surface area contributed by atoms with Crippen LogP contribution in [0.5, 0.6) is 0 Å². The van der Waals surface area contributed by atoms with E-state index in [0.29, 0.717) is 11.2 Å². The van der Waals surface area contributed by atoms with Crippen LogP contribution in [0.1, 0.15) is 23.8 Å². The highest BCUT2D eigenvalue weighted by Gasteiger charge is 2.15. The number of para-hydroxylation sites is 1. The van der Waals surface area contributed by atoms with Gasteiger partial charge in [-0.2, -0.15) is 0 Å². The van der Waals surface area contributed by atoms with Gasteiger partial charge in [-0.1, -0.05) is 18.2 Å². The fraction of sp³-hybridized carbons (Fsp3) is 0.214. The first-order valence-corrected chi connectivity index (χ1v) is 6.47. The Bertz CT molecular complexity index is 686. The minimum atomic E-state index is -0.474. The van der Waals surface area contributed by atoms with Gasteiger partial charge in [0.25, 0.3) is 5.91 Å². The maximum atomic E-state index is 12.2. The normalized spacial score (nSPS) is 11.9. The summed E-state index contributed by atoms with van der Waals surface area (Å²) in [6.07, 6.45) is 0.0708. The number of nitrogens with zero attached hydrogens (tertiary/aromatic N) is 1. The maximum Gasteiger partial charge on any atom is 0.270 e. The molecule has 0 saturated carbocycles. The summed E-state index contributed by atoms with van der Waals surface area (Å²) in [7, 11) is 0. The van der Waals surface area contributed by atoms with Crippen LogP contribution >= 0.6 is 0 Å². The predicted molar refractivity (Wildman–Crippen MR) is 80.3 cm³/mol. The number of hydrogen-bond acceptors (Lipinski definition) is 5. The van der Waals surface area contributed by atoms with Gasteiger partial charge in [0.2, 0.25) is 5.91 Å². The van der Waals surface area contributed by atoms with E-state index in [1.165, 1.54) is 0 Å². The number of nitrogen functional groups attached to an aromatic ring is 1. The quantitative estimate of drug-likeness (QED) is 0.471. The number of carbonyl (C=O) groups excluding carboxylic acids is 2. The molecule has 0 fully saturated rings. The monoisotopic (exact) mass is 287 g/mol. The second-order valence-corrected chi connectivity index (χ2v) is 4.76. The first kappa shape index (κ1) is 14.7. The molecule has 0 bridgehead atoms. The average molecular weight is 287 g/mol. The first-order valence-electron chi connectivity index (χ1n) is 6.47. The van der Waals surface area contributed by atoms with E-state index in [-0.39, 0.29) is 24.1 Å². The van der Waals surface area contributed by atoms with E-state index in [1.54, 1.807) is 19.1 Å². The van der Waals surface area contributed by atoms with E-state index >= 15 is 0 Å². The Labute approximate surface area is 121 Å². The summed E-state index contributed by atoms with van der Waals surface area (Å²) < 4.78 is 0. The molecule has 0 spiro atoms. The molecular weight excluding hydrogens is 270 g/mol. The summed E-state index contributed by atoms with van der Waals surface area (Å²) in [6.45, 7) is 1.70. The van der Waals surface area contributed by atoms with Crippen LogP contribution in [0, 0.1) is 0 Å². The molecule has 1 aromatic carbocycles. The minimum absolute atomic E-state index is 0.0708. The molecule has 0 aliphatic heterocycles. The summed E-state index contributed by atoms with van der Waals surface area (Å²) in [4.78, 5) is 27.3. The molecule has 0 aliphatic carbocycles. The van der Waals surface area contributed by atoms with Crippen molar-refractivity contribution in [2.75, 3.05) is 5.43 Å². The van der Waals surface area contributed by atoms with Crippen molar-refractivity contribution in [3.63, 3.8) is 0 Å². The number of anilines is 1. The molecule has 0 saturated heterocycles. The lowest BCUT2D eigenvalue weighted by Crippen LogP contribution is -2.36. The van der Waals surface area contributed by atoms with E-state index in [2.05, 4.69) is 15.7 Å². The molecule has 0 aliphatic rings. The second-order valence-electron chi connectivity index (χ2n) is 4.76. The number of amides is 2. The van der Waals surface area contributed by atoms with E-state index < -0.39 is 5.91 Å². The Hall–Kier alpha value is -2.67. The third kappa shape index (κ3) is 3.46. The largest absolute Gasteiger partial charge is 0.370 e. The SMILES string of the molecule is CC(CC(N)=O)NC(=O)c1cc(NN)c2ccccc2n1. The highest BCUT2D eigenvalue weighted by molar-refractivity contribution is 5.99. The van der Waals surface area contributed by atoms with Gasteiger partial charge in [0, 0.05) is 17.8 Å². The van der Waals surface area contributed by atoms with Gasteiger partial charge in [-0.25, -0.2) is 4.98 Å². The molecule has 6 N–H and O–H groups in total. The Balaban J connectivity index is 2.29. The molecule has 21 heavy (non-hydrogen) atoms. The Morgan fingerprint density at radius 1 is 1.33 bits per heavy atom. The highest BCUT2D eigenvalue weighted by Crippen LogP contribution is 2.22. The molecule has 7 heteroatoms. The molecular formula is C14H17N5O2. The predicted octanol–water partition coefficient (Wildman–Crippen LogP) is 0.514. The summed E-state index contributed by atoms with van der Waals surface area (Å²) >= 11 is 0. The molecule has 1 aromatic heterocycles. The minimum Gasteiger partial charge on any atom is -0.370 e. The van der Waals surface area contributed by atoms with Gasteiger partial charge in [-0.3, -0.25) is 15.4 Å². The van der Waals surface area contributed by atoms with Crippen molar-refractivity contribution in [2.45, 2.75) is 19.4 Å². The van der Waals surface area contributed by atoms with Gasteiger partial charge in [-0.15, -0.1) is 0 Å². The standard InChI is InChI=1S/C14H17N5O2/c1-8(6-13(15)20)17-14(21)12-7-11(19-16)9-4-2-3-5-10(9)18-12/h2-5,7-8H,6,16H2,1H3,(H2,15,20)(H,17,21)(H,18,19). The number of aromatic nitrogens is 1. The first-order chi connectivity index (χ1) is 10.0. The molecule has 1 heterocycles. The van der Waals surface area contributed by atoms with E-state index in [1.807, 2.05) is 18.2 Å². The fourth-order valence-electron chi connectivity index (χ4n) is 2.06. The van der Waals surface area contributed by atoms with Crippen LogP contribution in [0.3, 0.4) is 0 Å². The molecule has 2 amide bonds. The van der Waals surface area contributed by atoms with Gasteiger partial charge >= 0.3 is 0 Å². The zero-order valence-corrected chi connectivity index (χ0v) is 11.6. The summed E-state index contributed by atoms with van der Waals surface area (Å²) in [5.41, 5.74) is 9.13. The number of benzene rings is 1. The van der Waals surface area contributed by atoms with Crippen molar-refractivity contribution >= 4 is 28.4 Å². The smallest absolute Gasteiger partial charge is 0.270 e. The molecule has 110 valence electrons. The summed E-state index contributed by atoms with van der Waals surface area (Å²) in [5.74, 6) is 4.62. The van der Waals surface area contributed by atoms with E-state index in [4.69, 9.17) is 11.6 Å². The van der Waals surface area contributed by atoms with Crippen LogP contribution < -0.4 is 22.3 Å². The van der Waals surface area contributed by atoms with Crippen LogP contribution in [-0.4, -0.2) is 22.8 Å². The number of rotatable bonds is 5. The van der Waals surface area contributed by atoms with Crippen molar-refractivity contribution in [2.24, 2.45) is 11.6 Å². The molecule has 0 radical (unpaired) electrons. The van der Waals surface area contributed by atoms with Crippen LogP contribution in [0.25, 0.3) is 10.9 Å². The van der Waals surface area contributed by atoms with Crippen molar-refractivity contribution in [3.05, 3.63) is 36.0 Å². The Morgan fingerprint density at radius 2 is 2.05 bits per heavy atom. The number of primary amides is 1. The number of nitrogens with one attached hydrogen (secondary N) is 2. The Kier molecular flexibility index (Phi) is 4.34. The zero-order chi connectivity index (χ0) is 15.4. The number of fused-ring (bicyclic) bond motifs is 1. The van der Waals surface area contributed by atoms with Crippen molar-refractivity contribution in [1.82, 2.24) is 10.3 Å². The molecule has 2 rings (SSSR count). The average Bonchev–Trinajstić information content (AvgIpc) is 2.44. The summed E-state index contributed by atoms with van der Waals surface area (Å²) in [6, 6.07) is 8.54. The van der Waals surface area contributed by atoms with Crippen LogP contribution in [0.15, 0.2) is 30.3 Å². The maximum absolute atomic E-state index is 12.2. The fourth-order valence-corrected chi connectivity index (χ4v) is 2.06. The van der Waals surface area contributed by atoms with Crippen LogP contribution in [0.4, 0.5) is 5.69 Å². The van der Waals surface area contributed by atoms with E-state index in [9.17, 15) is 9.59 Å². The van der Waals surface area contributed by atoms with E-state index in [0.717, 1.165) is 5.39 Å². The molecule has 2 aromatic rings.